The van der Waals surface area contributed by atoms with Crippen LogP contribution in [-0.4, -0.2) is 11.1 Å². The van der Waals surface area contributed by atoms with Gasteiger partial charge in [0, 0.05) is 5.02 Å². The summed E-state index contributed by atoms with van der Waals surface area (Å²) in [5, 5.41) is 2.62. The molecule has 0 aliphatic heterocycles. The van der Waals surface area contributed by atoms with Gasteiger partial charge in [0.1, 0.15) is 5.92 Å². The van der Waals surface area contributed by atoms with E-state index in [0.717, 1.165) is 0 Å². The fourth-order valence-electron chi connectivity index (χ4n) is 1.26. The molecule has 0 bridgehead atoms. The molecule has 1 aromatic rings. The zero-order valence-electron chi connectivity index (χ0n) is 8.97. The van der Waals surface area contributed by atoms with Crippen molar-refractivity contribution in [3.63, 3.8) is 0 Å². The van der Waals surface area contributed by atoms with Crippen LogP contribution in [0, 0.1) is 5.92 Å². The van der Waals surface area contributed by atoms with Crippen molar-refractivity contribution in [3.05, 3.63) is 28.2 Å². The molecule has 1 N–H and O–H groups in total. The molecular weight excluding hydrogens is 284 g/mol. The Labute approximate surface area is 114 Å². The van der Waals surface area contributed by atoms with E-state index >= 15 is 0 Å². The summed E-state index contributed by atoms with van der Waals surface area (Å²) in [4.78, 5) is 22.7. The number of benzene rings is 1. The van der Waals surface area contributed by atoms with Crippen molar-refractivity contribution in [2.75, 3.05) is 5.32 Å². The zero-order chi connectivity index (χ0) is 13.0. The van der Waals surface area contributed by atoms with Gasteiger partial charge >= 0.3 is 0 Å². The van der Waals surface area contributed by atoms with Gasteiger partial charge in [0.15, 0.2) is 0 Å². The van der Waals surface area contributed by atoms with Crippen LogP contribution in [0.25, 0.3) is 0 Å². The summed E-state index contributed by atoms with van der Waals surface area (Å²) in [6.07, 6.45) is 0.333. The zero-order valence-corrected chi connectivity index (χ0v) is 11.2. The topological polar surface area (TPSA) is 46.2 Å². The van der Waals surface area contributed by atoms with Crippen LogP contribution in [0.2, 0.25) is 10.0 Å². The fraction of sp³-hybridized carbons (Fsp3) is 0.273. The van der Waals surface area contributed by atoms with Crippen LogP contribution in [0.1, 0.15) is 13.3 Å². The van der Waals surface area contributed by atoms with E-state index in [1.54, 1.807) is 19.1 Å². The van der Waals surface area contributed by atoms with Crippen LogP contribution in [0.4, 0.5) is 5.69 Å². The fourth-order valence-corrected chi connectivity index (χ4v) is 1.97. The quantitative estimate of drug-likeness (QED) is 0.679. The van der Waals surface area contributed by atoms with Crippen LogP contribution < -0.4 is 5.32 Å². The van der Waals surface area contributed by atoms with E-state index < -0.39 is 17.1 Å². The van der Waals surface area contributed by atoms with Gasteiger partial charge in [-0.05, 0) is 36.2 Å². The highest BCUT2D eigenvalue weighted by Gasteiger charge is 2.23. The van der Waals surface area contributed by atoms with Gasteiger partial charge in [0.2, 0.25) is 11.1 Å². The third-order valence-corrected chi connectivity index (χ3v) is 3.00. The van der Waals surface area contributed by atoms with E-state index in [1.165, 1.54) is 6.07 Å². The number of amides is 1. The van der Waals surface area contributed by atoms with Gasteiger partial charge < -0.3 is 5.32 Å². The van der Waals surface area contributed by atoms with Gasteiger partial charge in [0.25, 0.3) is 0 Å². The highest BCUT2D eigenvalue weighted by Crippen LogP contribution is 2.26. The Morgan fingerprint density at radius 2 is 2.00 bits per heavy atom. The molecule has 6 heteroatoms. The van der Waals surface area contributed by atoms with Crippen LogP contribution in [0.5, 0.6) is 0 Å². The Hall–Kier alpha value is -0.770. The van der Waals surface area contributed by atoms with E-state index in [2.05, 4.69) is 5.32 Å². The Morgan fingerprint density at radius 3 is 2.47 bits per heavy atom. The van der Waals surface area contributed by atoms with E-state index in [9.17, 15) is 9.59 Å². The van der Waals surface area contributed by atoms with Crippen LogP contribution >= 0.6 is 34.8 Å². The predicted molar refractivity (Wildman–Crippen MR) is 69.7 cm³/mol. The maximum Gasteiger partial charge on any atom is 0.236 e. The average Bonchev–Trinajstić information content (AvgIpc) is 2.22. The summed E-state index contributed by atoms with van der Waals surface area (Å²) in [6, 6.07) is 4.66. The van der Waals surface area contributed by atoms with Crippen molar-refractivity contribution in [1.82, 2.24) is 0 Å². The first kappa shape index (κ1) is 14.3. The lowest BCUT2D eigenvalue weighted by Gasteiger charge is -2.12. The molecule has 0 aliphatic carbocycles. The third-order valence-electron chi connectivity index (χ3n) is 2.19. The molecule has 1 unspecified atom stereocenters. The van der Waals surface area contributed by atoms with Crippen molar-refractivity contribution in [1.29, 1.82) is 0 Å². The lowest BCUT2D eigenvalue weighted by molar-refractivity contribution is -0.126. The molecule has 1 rings (SSSR count). The Kier molecular flexibility index (Phi) is 5.25. The molecular formula is C11H10Cl3NO2. The number of carbonyl (C=O) groups excluding carboxylic acids is 2. The molecule has 1 aromatic carbocycles. The first-order chi connectivity index (χ1) is 7.95. The molecule has 0 heterocycles. The molecule has 0 saturated carbocycles. The summed E-state index contributed by atoms with van der Waals surface area (Å²) in [5.41, 5.74) is 0.400. The van der Waals surface area contributed by atoms with E-state index in [4.69, 9.17) is 34.8 Å². The first-order valence-electron chi connectivity index (χ1n) is 4.91. The van der Waals surface area contributed by atoms with Gasteiger partial charge in [0.05, 0.1) is 10.7 Å². The molecule has 0 spiro atoms. The van der Waals surface area contributed by atoms with Crippen molar-refractivity contribution < 1.29 is 9.59 Å². The molecule has 0 fully saturated rings. The molecule has 1 amide bonds. The summed E-state index contributed by atoms with van der Waals surface area (Å²) >= 11 is 16.9. The minimum Gasteiger partial charge on any atom is -0.324 e. The van der Waals surface area contributed by atoms with Gasteiger partial charge in [-0.1, -0.05) is 30.1 Å². The molecule has 0 aliphatic rings. The molecule has 0 saturated heterocycles. The second-order valence-corrected chi connectivity index (χ2v) is 4.59. The largest absolute Gasteiger partial charge is 0.324 e. The summed E-state index contributed by atoms with van der Waals surface area (Å²) in [6.45, 7) is 1.70. The monoisotopic (exact) mass is 293 g/mol. The molecule has 3 nitrogen and oxygen atoms in total. The number of halogens is 3. The average molecular weight is 295 g/mol. The van der Waals surface area contributed by atoms with Crippen molar-refractivity contribution in [2.24, 2.45) is 5.92 Å². The minimum atomic E-state index is -0.872. The van der Waals surface area contributed by atoms with E-state index in [0.29, 0.717) is 22.2 Å². The first-order valence-corrected chi connectivity index (χ1v) is 6.04. The minimum absolute atomic E-state index is 0.308. The molecule has 0 radical (unpaired) electrons. The SMILES string of the molecule is CCC(C(=O)Cl)C(=O)Nc1ccc(Cl)cc1Cl. The maximum absolute atomic E-state index is 11.7. The summed E-state index contributed by atoms with van der Waals surface area (Å²) in [7, 11) is 0. The van der Waals surface area contributed by atoms with E-state index in [-0.39, 0.29) is 0 Å². The van der Waals surface area contributed by atoms with Crippen molar-refractivity contribution in [2.45, 2.75) is 13.3 Å². The van der Waals surface area contributed by atoms with Crippen LogP contribution in [-0.2, 0) is 9.59 Å². The predicted octanol–water partition coefficient (Wildman–Crippen LogP) is 3.72. The van der Waals surface area contributed by atoms with Gasteiger partial charge in [-0.3, -0.25) is 9.59 Å². The van der Waals surface area contributed by atoms with Crippen molar-refractivity contribution >= 4 is 51.6 Å². The van der Waals surface area contributed by atoms with Gasteiger partial charge in [-0.25, -0.2) is 0 Å². The highest BCUT2D eigenvalue weighted by atomic mass is 35.5. The molecule has 1 atom stereocenters. The van der Waals surface area contributed by atoms with Gasteiger partial charge in [-0.2, -0.15) is 0 Å². The second kappa shape index (κ2) is 6.24. The Balaban J connectivity index is 2.84. The van der Waals surface area contributed by atoms with E-state index in [1.807, 2.05) is 0 Å². The number of rotatable bonds is 4. The second-order valence-electron chi connectivity index (χ2n) is 3.38. The lowest BCUT2D eigenvalue weighted by atomic mass is 10.1. The normalized spacial score (nSPS) is 12.0. The standard InChI is InChI=1S/C11H10Cl3NO2/c1-2-7(10(14)16)11(17)15-9-4-3-6(12)5-8(9)13/h3-5,7H,2H2,1H3,(H,15,17). The number of nitrogens with one attached hydrogen (secondary N) is 1. The smallest absolute Gasteiger partial charge is 0.236 e. The Bertz CT molecular complexity index is 448. The highest BCUT2D eigenvalue weighted by molar-refractivity contribution is 6.65. The van der Waals surface area contributed by atoms with Crippen LogP contribution in [0.3, 0.4) is 0 Å². The molecule has 17 heavy (non-hydrogen) atoms. The summed E-state index contributed by atoms with van der Waals surface area (Å²) in [5.74, 6) is -1.35. The number of carbonyl (C=O) groups is 2. The lowest BCUT2D eigenvalue weighted by Crippen LogP contribution is -2.26. The Morgan fingerprint density at radius 1 is 1.35 bits per heavy atom. The van der Waals surface area contributed by atoms with Gasteiger partial charge in [-0.15, -0.1) is 0 Å². The maximum atomic E-state index is 11.7. The molecule has 0 aromatic heterocycles. The molecule has 92 valence electrons. The number of hydrogen-bond donors (Lipinski definition) is 1. The number of hydrogen-bond acceptors (Lipinski definition) is 2. The van der Waals surface area contributed by atoms with Crippen LogP contribution in [0.15, 0.2) is 18.2 Å². The number of anilines is 1. The summed E-state index contributed by atoms with van der Waals surface area (Å²) < 4.78 is 0. The van der Waals surface area contributed by atoms with Crippen molar-refractivity contribution in [3.8, 4) is 0 Å². The third kappa shape index (κ3) is 3.87.